The van der Waals surface area contributed by atoms with E-state index in [1.54, 1.807) is 42.5 Å². The summed E-state index contributed by atoms with van der Waals surface area (Å²) in [6.45, 7) is 3.47. The number of carbonyl (C=O) groups is 1. The number of aromatic nitrogens is 2. The van der Waals surface area contributed by atoms with Crippen LogP contribution >= 0.6 is 0 Å². The molecule has 49 heavy (non-hydrogen) atoms. The smallest absolute Gasteiger partial charge is 0.422 e. The Balaban J connectivity index is 1.04. The van der Waals surface area contributed by atoms with Crippen molar-refractivity contribution in [3.8, 4) is 17.4 Å². The highest BCUT2D eigenvalue weighted by Crippen LogP contribution is 2.28. The normalized spacial score (nSPS) is 14.2. The lowest BCUT2D eigenvalue weighted by atomic mass is 10.2. The second kappa shape index (κ2) is 13.8. The topological polar surface area (TPSA) is 106 Å². The van der Waals surface area contributed by atoms with Crippen molar-refractivity contribution in [1.29, 1.82) is 0 Å². The van der Waals surface area contributed by atoms with E-state index in [-0.39, 0.29) is 22.4 Å². The van der Waals surface area contributed by atoms with Gasteiger partial charge in [-0.25, -0.2) is 13.4 Å². The molecule has 1 amide bonds. The highest BCUT2D eigenvalue weighted by atomic mass is 32.2. The van der Waals surface area contributed by atoms with Gasteiger partial charge in [-0.05, 0) is 66.6 Å². The lowest BCUT2D eigenvalue weighted by Crippen LogP contribution is -2.48. The Morgan fingerprint density at radius 2 is 1.65 bits per heavy atom. The van der Waals surface area contributed by atoms with E-state index in [9.17, 15) is 26.4 Å². The number of carbonyl (C=O) groups excluding carboxylic acids is 1. The predicted octanol–water partition coefficient (Wildman–Crippen LogP) is 6.37. The predicted molar refractivity (Wildman–Crippen MR) is 178 cm³/mol. The average Bonchev–Trinajstić information content (AvgIpc) is 3.40. The number of piperazine rings is 1. The van der Waals surface area contributed by atoms with Gasteiger partial charge >= 0.3 is 6.18 Å². The molecule has 1 saturated heterocycles. The molecule has 256 valence electrons. The Morgan fingerprint density at radius 1 is 0.918 bits per heavy atom. The summed E-state index contributed by atoms with van der Waals surface area (Å²) in [5, 5.41) is 0.869. The molecule has 1 fully saturated rings. The lowest BCUT2D eigenvalue weighted by molar-refractivity contribution is -0.153. The van der Waals surface area contributed by atoms with E-state index >= 15 is 0 Å². The molecule has 1 aliphatic heterocycles. The molecule has 2 aromatic heterocycles. The van der Waals surface area contributed by atoms with Gasteiger partial charge in [0, 0.05) is 57.3 Å². The van der Waals surface area contributed by atoms with Gasteiger partial charge in [-0.3, -0.25) is 14.4 Å². The fourth-order valence-electron chi connectivity index (χ4n) is 5.58. The highest BCUT2D eigenvalue weighted by Gasteiger charge is 2.28. The molecule has 0 bridgehead atoms. The first kappa shape index (κ1) is 33.8. The van der Waals surface area contributed by atoms with Gasteiger partial charge in [0.15, 0.2) is 6.61 Å². The van der Waals surface area contributed by atoms with Crippen molar-refractivity contribution >= 4 is 32.5 Å². The van der Waals surface area contributed by atoms with Crippen LogP contribution < -0.4 is 14.2 Å². The molecule has 3 heterocycles. The highest BCUT2D eigenvalue weighted by molar-refractivity contribution is 7.92. The second-order valence-electron chi connectivity index (χ2n) is 11.8. The van der Waals surface area contributed by atoms with Crippen LogP contribution in [0.4, 0.5) is 18.9 Å². The Morgan fingerprint density at radius 3 is 2.33 bits per heavy atom. The maximum atomic E-state index is 13.5. The van der Waals surface area contributed by atoms with Crippen molar-refractivity contribution < 1.29 is 35.9 Å². The number of benzene rings is 3. The molecule has 0 aliphatic carbocycles. The van der Waals surface area contributed by atoms with Gasteiger partial charge in [0.2, 0.25) is 5.88 Å². The number of amides is 1. The van der Waals surface area contributed by atoms with Crippen LogP contribution in [0.2, 0.25) is 0 Å². The molecule has 0 atom stereocenters. The number of rotatable bonds is 10. The molecule has 10 nitrogen and oxygen atoms in total. The van der Waals surface area contributed by atoms with Crippen LogP contribution in [0.25, 0.3) is 10.9 Å². The van der Waals surface area contributed by atoms with Gasteiger partial charge in [0.25, 0.3) is 15.9 Å². The minimum atomic E-state index is -4.39. The third-order valence-electron chi connectivity index (χ3n) is 8.14. The van der Waals surface area contributed by atoms with Crippen molar-refractivity contribution in [1.82, 2.24) is 19.4 Å². The third-order valence-corrected chi connectivity index (χ3v) is 9.52. The molecule has 1 N–H and O–H groups in total. The number of fused-ring (bicyclic) bond motifs is 1. The third kappa shape index (κ3) is 8.32. The first-order chi connectivity index (χ1) is 23.3. The largest absolute Gasteiger partial charge is 0.484 e. The fraction of sp³-hybridized carbons (Fsp3) is 0.257. The van der Waals surface area contributed by atoms with Crippen LogP contribution in [0.15, 0.2) is 96.0 Å². The van der Waals surface area contributed by atoms with Crippen LogP contribution in [-0.2, 0) is 23.6 Å². The van der Waals surface area contributed by atoms with Gasteiger partial charge in [-0.15, -0.1) is 0 Å². The standard InChI is InChI=1S/C35H34F3N5O5S/c1-24-4-3-5-30(18-24)49(45,46)40-27-9-13-33(39-21-27)48-29-12-8-26-19-32(41(2)31(26)20-29)34(44)43-16-14-42(15-17-43)22-25-6-10-28(11-7-25)47-23-35(36,37)38/h3-13,18-21,40H,14-17,22-23H2,1-2H3. The number of ether oxygens (including phenoxy) is 2. The first-order valence-electron chi connectivity index (χ1n) is 15.5. The van der Waals surface area contributed by atoms with Crippen molar-refractivity contribution in [2.24, 2.45) is 7.05 Å². The molecular weight excluding hydrogens is 659 g/mol. The lowest BCUT2D eigenvalue weighted by Gasteiger charge is -2.34. The maximum absolute atomic E-state index is 13.5. The first-order valence-corrected chi connectivity index (χ1v) is 16.9. The van der Waals surface area contributed by atoms with Gasteiger partial charge in [0.1, 0.15) is 17.2 Å². The number of aryl methyl sites for hydroxylation is 2. The minimum absolute atomic E-state index is 0.0858. The van der Waals surface area contributed by atoms with E-state index in [1.165, 1.54) is 24.4 Å². The monoisotopic (exact) mass is 693 g/mol. The summed E-state index contributed by atoms with van der Waals surface area (Å²) in [5.41, 5.74) is 3.41. The molecule has 0 unspecified atom stereocenters. The zero-order valence-corrected chi connectivity index (χ0v) is 27.6. The fourth-order valence-corrected chi connectivity index (χ4v) is 6.73. The van der Waals surface area contributed by atoms with Crippen molar-refractivity contribution in [2.45, 2.75) is 24.5 Å². The van der Waals surface area contributed by atoms with Crippen molar-refractivity contribution in [3.63, 3.8) is 0 Å². The quantitative estimate of drug-likeness (QED) is 0.181. The molecule has 1 aliphatic rings. The minimum Gasteiger partial charge on any atom is -0.484 e. The van der Waals surface area contributed by atoms with E-state index in [2.05, 4.69) is 14.6 Å². The average molecular weight is 694 g/mol. The molecule has 3 aromatic carbocycles. The number of alkyl halides is 3. The van der Waals surface area contributed by atoms with E-state index in [1.807, 2.05) is 47.7 Å². The molecule has 6 rings (SSSR count). The van der Waals surface area contributed by atoms with Gasteiger partial charge in [-0.1, -0.05) is 24.3 Å². The Kier molecular flexibility index (Phi) is 9.52. The summed E-state index contributed by atoms with van der Waals surface area (Å²) in [5.74, 6) is 0.851. The Labute approximate surface area is 281 Å². The second-order valence-corrected chi connectivity index (χ2v) is 13.5. The number of nitrogens with zero attached hydrogens (tertiary/aromatic N) is 4. The molecule has 5 aromatic rings. The summed E-state index contributed by atoms with van der Waals surface area (Å²) < 4.78 is 77.8. The molecule has 0 spiro atoms. The zero-order valence-electron chi connectivity index (χ0n) is 26.8. The molecule has 0 saturated carbocycles. The van der Waals surface area contributed by atoms with E-state index in [0.717, 1.165) is 22.0 Å². The Hall–Kier alpha value is -5.08. The number of nitrogens with one attached hydrogen (secondary N) is 1. The summed E-state index contributed by atoms with van der Waals surface area (Å²) >= 11 is 0. The van der Waals surface area contributed by atoms with E-state index in [0.29, 0.717) is 49.9 Å². The zero-order chi connectivity index (χ0) is 34.8. The van der Waals surface area contributed by atoms with Crippen LogP contribution in [0.1, 0.15) is 21.6 Å². The number of anilines is 1. The number of halogens is 3. The molecular formula is C35H34F3N5O5S. The number of sulfonamides is 1. The summed E-state index contributed by atoms with van der Waals surface area (Å²) in [6, 6.07) is 23.6. The van der Waals surface area contributed by atoms with E-state index < -0.39 is 22.8 Å². The summed E-state index contributed by atoms with van der Waals surface area (Å²) in [7, 11) is -1.95. The van der Waals surface area contributed by atoms with Crippen LogP contribution in [0, 0.1) is 6.92 Å². The molecule has 14 heteroatoms. The summed E-state index contributed by atoms with van der Waals surface area (Å²) in [6.07, 6.45) is -3.00. The van der Waals surface area contributed by atoms with E-state index in [4.69, 9.17) is 9.47 Å². The maximum Gasteiger partial charge on any atom is 0.422 e. The Bertz CT molecular complexity index is 2060. The number of hydrogen-bond donors (Lipinski definition) is 1. The van der Waals surface area contributed by atoms with Crippen LogP contribution in [-0.4, -0.2) is 72.6 Å². The van der Waals surface area contributed by atoms with Gasteiger partial charge < -0.3 is 18.9 Å². The van der Waals surface area contributed by atoms with Crippen molar-refractivity contribution in [3.05, 3.63) is 108 Å². The van der Waals surface area contributed by atoms with Gasteiger partial charge in [-0.2, -0.15) is 13.2 Å². The van der Waals surface area contributed by atoms with Crippen LogP contribution in [0.5, 0.6) is 17.4 Å². The molecule has 0 radical (unpaired) electrons. The summed E-state index contributed by atoms with van der Waals surface area (Å²) in [4.78, 5) is 22.0. The SMILES string of the molecule is Cc1cccc(S(=O)(=O)Nc2ccc(Oc3ccc4cc(C(=O)N5CCN(Cc6ccc(OCC(F)(F)F)cc6)CC5)n(C)c4c3)nc2)c1. The van der Waals surface area contributed by atoms with Crippen molar-refractivity contribution in [2.75, 3.05) is 37.5 Å². The van der Waals surface area contributed by atoms with Crippen LogP contribution in [0.3, 0.4) is 0 Å². The number of pyridine rings is 1. The van der Waals surface area contributed by atoms with Gasteiger partial charge in [0.05, 0.1) is 22.3 Å². The number of hydrogen-bond acceptors (Lipinski definition) is 7.